The first-order chi connectivity index (χ1) is 7.32. The molecule has 0 fully saturated rings. The Morgan fingerprint density at radius 2 is 2.19 bits per heavy atom. The molecule has 0 saturated carbocycles. The molecule has 0 aliphatic rings. The largest absolute Gasteiger partial charge is 0.481 e. The van der Waals surface area contributed by atoms with Crippen molar-refractivity contribution in [3.63, 3.8) is 0 Å². The molecule has 6 heteroatoms. The van der Waals surface area contributed by atoms with Crippen molar-refractivity contribution < 1.29 is 14.7 Å². The zero-order valence-corrected chi connectivity index (χ0v) is 9.50. The molecule has 1 aromatic rings. The molecule has 0 aliphatic heterocycles. The SMILES string of the molecule is Cc1[nH]ncc1C(=O)NC(C)(C)CC(=O)O. The van der Waals surface area contributed by atoms with Crippen molar-refractivity contribution in [2.75, 3.05) is 0 Å². The Labute approximate surface area is 93.1 Å². The molecular formula is C10H15N3O3. The van der Waals surface area contributed by atoms with Gasteiger partial charge in [-0.1, -0.05) is 0 Å². The lowest BCUT2D eigenvalue weighted by atomic mass is 10.0. The van der Waals surface area contributed by atoms with Crippen LogP contribution in [0.1, 0.15) is 36.3 Å². The number of hydrogen-bond acceptors (Lipinski definition) is 3. The van der Waals surface area contributed by atoms with Crippen molar-refractivity contribution in [2.24, 2.45) is 0 Å². The number of aryl methyl sites for hydroxylation is 1. The van der Waals surface area contributed by atoms with Gasteiger partial charge in [0.1, 0.15) is 0 Å². The quantitative estimate of drug-likeness (QED) is 0.703. The molecule has 6 nitrogen and oxygen atoms in total. The predicted molar refractivity (Wildman–Crippen MR) is 57.1 cm³/mol. The molecule has 0 aromatic carbocycles. The average Bonchev–Trinajstić information content (AvgIpc) is 2.47. The van der Waals surface area contributed by atoms with Crippen molar-refractivity contribution >= 4 is 11.9 Å². The Bertz CT molecular complexity index is 409. The molecule has 0 spiro atoms. The second kappa shape index (κ2) is 4.34. The summed E-state index contributed by atoms with van der Waals surface area (Å²) < 4.78 is 0. The van der Waals surface area contributed by atoms with Gasteiger partial charge in [0, 0.05) is 11.2 Å². The normalized spacial score (nSPS) is 11.2. The molecule has 16 heavy (non-hydrogen) atoms. The molecular weight excluding hydrogens is 210 g/mol. The number of carboxylic acid groups (broad SMARTS) is 1. The van der Waals surface area contributed by atoms with E-state index in [1.807, 2.05) is 0 Å². The summed E-state index contributed by atoms with van der Waals surface area (Å²) in [4.78, 5) is 22.3. The number of hydrogen-bond donors (Lipinski definition) is 3. The molecule has 0 radical (unpaired) electrons. The van der Waals surface area contributed by atoms with Gasteiger partial charge in [0.2, 0.25) is 0 Å². The van der Waals surface area contributed by atoms with Crippen LogP contribution in [-0.4, -0.2) is 32.7 Å². The van der Waals surface area contributed by atoms with Crippen molar-refractivity contribution in [3.8, 4) is 0 Å². The van der Waals surface area contributed by atoms with Crippen LogP contribution in [0.2, 0.25) is 0 Å². The van der Waals surface area contributed by atoms with E-state index in [4.69, 9.17) is 5.11 Å². The third-order valence-corrected chi connectivity index (χ3v) is 2.12. The zero-order chi connectivity index (χ0) is 12.3. The molecule has 1 heterocycles. The summed E-state index contributed by atoms with van der Waals surface area (Å²) in [5.74, 6) is -1.27. The van der Waals surface area contributed by atoms with Gasteiger partial charge in [0.05, 0.1) is 18.2 Å². The van der Waals surface area contributed by atoms with Crippen molar-refractivity contribution in [2.45, 2.75) is 32.7 Å². The average molecular weight is 225 g/mol. The smallest absolute Gasteiger partial charge is 0.305 e. The Morgan fingerprint density at radius 3 is 2.62 bits per heavy atom. The number of aromatic amines is 1. The first-order valence-corrected chi connectivity index (χ1v) is 4.86. The van der Waals surface area contributed by atoms with Crippen LogP contribution in [0.5, 0.6) is 0 Å². The number of carbonyl (C=O) groups is 2. The molecule has 1 amide bonds. The van der Waals surface area contributed by atoms with Gasteiger partial charge in [0.25, 0.3) is 5.91 Å². The number of carbonyl (C=O) groups excluding carboxylic acids is 1. The van der Waals surface area contributed by atoms with E-state index in [9.17, 15) is 9.59 Å². The first-order valence-electron chi connectivity index (χ1n) is 4.86. The summed E-state index contributed by atoms with van der Waals surface area (Å²) in [5.41, 5.74) is 0.300. The van der Waals surface area contributed by atoms with Gasteiger partial charge in [-0.2, -0.15) is 5.10 Å². The first kappa shape index (κ1) is 12.2. The van der Waals surface area contributed by atoms with Crippen LogP contribution in [0.15, 0.2) is 6.20 Å². The predicted octanol–water partition coefficient (Wildman–Crippen LogP) is 0.701. The number of H-pyrrole nitrogens is 1. The molecule has 0 unspecified atom stereocenters. The van der Waals surface area contributed by atoms with Gasteiger partial charge in [-0.05, 0) is 20.8 Å². The van der Waals surface area contributed by atoms with Crippen LogP contribution >= 0.6 is 0 Å². The van der Waals surface area contributed by atoms with Gasteiger partial charge in [-0.3, -0.25) is 14.7 Å². The molecule has 1 rings (SSSR count). The molecule has 0 atom stereocenters. The second-order valence-corrected chi connectivity index (χ2v) is 4.32. The van der Waals surface area contributed by atoms with Gasteiger partial charge >= 0.3 is 5.97 Å². The summed E-state index contributed by atoms with van der Waals surface area (Å²) in [6, 6.07) is 0. The Kier molecular flexibility index (Phi) is 3.31. The third-order valence-electron chi connectivity index (χ3n) is 2.12. The second-order valence-electron chi connectivity index (χ2n) is 4.32. The van der Waals surface area contributed by atoms with Crippen molar-refractivity contribution in [1.29, 1.82) is 0 Å². The highest BCUT2D eigenvalue weighted by atomic mass is 16.4. The molecule has 0 saturated heterocycles. The Balaban J connectivity index is 2.71. The summed E-state index contributed by atoms with van der Waals surface area (Å²) in [7, 11) is 0. The highest BCUT2D eigenvalue weighted by Gasteiger charge is 2.25. The fraction of sp³-hybridized carbons (Fsp3) is 0.500. The van der Waals surface area contributed by atoms with Gasteiger partial charge in [-0.25, -0.2) is 0 Å². The zero-order valence-electron chi connectivity index (χ0n) is 9.50. The maximum absolute atomic E-state index is 11.8. The number of rotatable bonds is 4. The van der Waals surface area contributed by atoms with Crippen LogP contribution in [-0.2, 0) is 4.79 Å². The van der Waals surface area contributed by atoms with E-state index in [0.717, 1.165) is 0 Å². The maximum Gasteiger partial charge on any atom is 0.305 e. The minimum atomic E-state index is -0.950. The molecule has 1 aromatic heterocycles. The number of amides is 1. The van der Waals surface area contributed by atoms with Crippen LogP contribution in [0.3, 0.4) is 0 Å². The topological polar surface area (TPSA) is 95.1 Å². The fourth-order valence-corrected chi connectivity index (χ4v) is 1.38. The summed E-state index contributed by atoms with van der Waals surface area (Å²) >= 11 is 0. The van der Waals surface area contributed by atoms with E-state index in [0.29, 0.717) is 11.3 Å². The minimum Gasteiger partial charge on any atom is -0.481 e. The molecule has 0 bridgehead atoms. The van der Waals surface area contributed by atoms with Crippen LogP contribution in [0.4, 0.5) is 0 Å². The summed E-state index contributed by atoms with van der Waals surface area (Å²) in [5, 5.41) is 17.7. The van der Waals surface area contributed by atoms with E-state index in [1.54, 1.807) is 20.8 Å². The highest BCUT2D eigenvalue weighted by molar-refractivity contribution is 5.95. The standard InChI is InChI=1S/C10H15N3O3/c1-6-7(5-11-13-6)9(16)12-10(2,3)4-8(14)15/h5H,4H2,1-3H3,(H,11,13)(H,12,16)(H,14,15). The van der Waals surface area contributed by atoms with Gasteiger partial charge < -0.3 is 10.4 Å². The molecule has 0 aliphatic carbocycles. The van der Waals surface area contributed by atoms with E-state index in [-0.39, 0.29) is 12.3 Å². The lowest BCUT2D eigenvalue weighted by Crippen LogP contribution is -2.45. The van der Waals surface area contributed by atoms with Crippen molar-refractivity contribution in [1.82, 2.24) is 15.5 Å². The summed E-state index contributed by atoms with van der Waals surface area (Å²) in [6.07, 6.45) is 1.29. The van der Waals surface area contributed by atoms with Gasteiger partial charge in [0.15, 0.2) is 0 Å². The maximum atomic E-state index is 11.8. The lowest BCUT2D eigenvalue weighted by Gasteiger charge is -2.23. The van der Waals surface area contributed by atoms with E-state index >= 15 is 0 Å². The van der Waals surface area contributed by atoms with Crippen LogP contribution < -0.4 is 5.32 Å². The number of aliphatic carboxylic acids is 1. The third kappa shape index (κ3) is 3.08. The number of nitrogens with zero attached hydrogens (tertiary/aromatic N) is 1. The van der Waals surface area contributed by atoms with Crippen LogP contribution in [0, 0.1) is 6.92 Å². The van der Waals surface area contributed by atoms with E-state index in [2.05, 4.69) is 15.5 Å². The fourth-order valence-electron chi connectivity index (χ4n) is 1.38. The van der Waals surface area contributed by atoms with E-state index in [1.165, 1.54) is 6.20 Å². The number of carboxylic acids is 1. The van der Waals surface area contributed by atoms with Gasteiger partial charge in [-0.15, -0.1) is 0 Å². The Hall–Kier alpha value is -1.85. The van der Waals surface area contributed by atoms with Crippen molar-refractivity contribution in [3.05, 3.63) is 17.5 Å². The number of nitrogens with one attached hydrogen (secondary N) is 2. The van der Waals surface area contributed by atoms with Crippen LogP contribution in [0.25, 0.3) is 0 Å². The summed E-state index contributed by atoms with van der Waals surface area (Å²) in [6.45, 7) is 5.05. The van der Waals surface area contributed by atoms with E-state index < -0.39 is 11.5 Å². The lowest BCUT2D eigenvalue weighted by molar-refractivity contribution is -0.138. The number of aromatic nitrogens is 2. The Morgan fingerprint density at radius 1 is 1.56 bits per heavy atom. The monoisotopic (exact) mass is 225 g/mol. The molecule has 88 valence electrons. The highest BCUT2D eigenvalue weighted by Crippen LogP contribution is 2.11. The minimum absolute atomic E-state index is 0.129. The molecule has 3 N–H and O–H groups in total.